The number of pyridine rings is 1. The van der Waals surface area contributed by atoms with Gasteiger partial charge >= 0.3 is 0 Å². The molecule has 0 atom stereocenters. The Morgan fingerprint density at radius 2 is 1.95 bits per heavy atom. The number of nitrogens with zero attached hydrogens (tertiary/aromatic N) is 1. The number of aryl methyl sites for hydroxylation is 1. The van der Waals surface area contributed by atoms with Gasteiger partial charge in [0.2, 0.25) is 0 Å². The summed E-state index contributed by atoms with van der Waals surface area (Å²) in [5.74, 6) is 0.107. The molecule has 0 saturated carbocycles. The van der Waals surface area contributed by atoms with Crippen molar-refractivity contribution in [2.75, 3.05) is 10.5 Å². The second-order valence-corrected chi connectivity index (χ2v) is 7.44. The standard InChI is InChI=1S/C12H11Br2N3O2S/c1-7-5-9(14)11(6-8(7)13)20(18,19)17-12-10(15)3-2-4-16-12/h2-6H,15H2,1H3,(H,16,17). The average Bonchev–Trinajstić information content (AvgIpc) is 2.36. The van der Waals surface area contributed by atoms with Crippen molar-refractivity contribution < 1.29 is 8.42 Å². The van der Waals surface area contributed by atoms with Crippen LogP contribution in [0.3, 0.4) is 0 Å². The lowest BCUT2D eigenvalue weighted by molar-refractivity contribution is 0.600. The number of nitrogens with two attached hydrogens (primary N) is 1. The fraction of sp³-hybridized carbons (Fsp3) is 0.0833. The number of hydrogen-bond donors (Lipinski definition) is 2. The van der Waals surface area contributed by atoms with Crippen molar-refractivity contribution in [1.82, 2.24) is 4.98 Å². The molecule has 1 heterocycles. The molecule has 0 aliphatic heterocycles. The third kappa shape index (κ3) is 3.13. The van der Waals surface area contributed by atoms with Gasteiger partial charge in [-0.1, -0.05) is 15.9 Å². The van der Waals surface area contributed by atoms with Crippen LogP contribution in [0.15, 0.2) is 44.3 Å². The van der Waals surface area contributed by atoms with Gasteiger partial charge in [-0.05, 0) is 52.7 Å². The Bertz CT molecular complexity index is 763. The van der Waals surface area contributed by atoms with Gasteiger partial charge in [0, 0.05) is 15.1 Å². The van der Waals surface area contributed by atoms with Crippen molar-refractivity contribution in [2.24, 2.45) is 0 Å². The Morgan fingerprint density at radius 1 is 1.25 bits per heavy atom. The van der Waals surface area contributed by atoms with Crippen molar-refractivity contribution in [2.45, 2.75) is 11.8 Å². The predicted molar refractivity (Wildman–Crippen MR) is 86.0 cm³/mol. The fourth-order valence-electron chi connectivity index (χ4n) is 1.52. The average molecular weight is 421 g/mol. The molecule has 1 aromatic carbocycles. The number of rotatable bonds is 3. The van der Waals surface area contributed by atoms with E-state index in [9.17, 15) is 8.42 Å². The first-order valence-corrected chi connectivity index (χ1v) is 8.57. The van der Waals surface area contributed by atoms with Gasteiger partial charge in [0.25, 0.3) is 10.0 Å². The van der Waals surface area contributed by atoms with E-state index in [0.29, 0.717) is 8.95 Å². The highest BCUT2D eigenvalue weighted by atomic mass is 79.9. The zero-order chi connectivity index (χ0) is 14.9. The molecular weight excluding hydrogens is 410 g/mol. The molecule has 0 spiro atoms. The molecule has 8 heteroatoms. The van der Waals surface area contributed by atoms with E-state index in [4.69, 9.17) is 5.73 Å². The quantitative estimate of drug-likeness (QED) is 0.797. The monoisotopic (exact) mass is 419 g/mol. The van der Waals surface area contributed by atoms with Crippen LogP contribution in [-0.2, 0) is 10.0 Å². The third-order valence-corrected chi connectivity index (χ3v) is 5.72. The van der Waals surface area contributed by atoms with Crippen LogP contribution >= 0.6 is 31.9 Å². The van der Waals surface area contributed by atoms with Gasteiger partial charge in [-0.15, -0.1) is 0 Å². The minimum absolute atomic E-state index is 0.107. The predicted octanol–water partition coefficient (Wildman–Crippen LogP) is 3.30. The van der Waals surface area contributed by atoms with E-state index in [0.717, 1.165) is 5.56 Å². The number of halogens is 2. The molecule has 1 aromatic heterocycles. The molecule has 0 radical (unpaired) electrons. The highest BCUT2D eigenvalue weighted by Crippen LogP contribution is 2.30. The smallest absolute Gasteiger partial charge is 0.264 e. The van der Waals surface area contributed by atoms with Crippen molar-refractivity contribution in [3.63, 3.8) is 0 Å². The molecule has 3 N–H and O–H groups in total. The van der Waals surface area contributed by atoms with Gasteiger partial charge in [0.05, 0.1) is 5.69 Å². The number of sulfonamides is 1. The highest BCUT2D eigenvalue weighted by Gasteiger charge is 2.20. The van der Waals surface area contributed by atoms with Crippen molar-refractivity contribution in [3.05, 3.63) is 45.0 Å². The van der Waals surface area contributed by atoms with Gasteiger partial charge in [-0.2, -0.15) is 0 Å². The first kappa shape index (κ1) is 15.3. The van der Waals surface area contributed by atoms with E-state index in [1.165, 1.54) is 12.3 Å². The molecule has 0 unspecified atom stereocenters. The summed E-state index contributed by atoms with van der Waals surface area (Å²) in [5.41, 5.74) is 6.87. The maximum atomic E-state index is 12.4. The number of nitrogens with one attached hydrogen (secondary N) is 1. The number of anilines is 2. The third-order valence-electron chi connectivity index (χ3n) is 2.57. The van der Waals surface area contributed by atoms with Crippen molar-refractivity contribution in [1.29, 1.82) is 0 Å². The van der Waals surface area contributed by atoms with E-state index < -0.39 is 10.0 Å². The Kier molecular flexibility index (Phi) is 4.36. The zero-order valence-corrected chi connectivity index (χ0v) is 14.4. The minimum atomic E-state index is -3.78. The Balaban J connectivity index is 2.47. The molecule has 5 nitrogen and oxygen atoms in total. The summed E-state index contributed by atoms with van der Waals surface area (Å²) in [7, 11) is -3.78. The van der Waals surface area contributed by atoms with Crippen LogP contribution in [0.25, 0.3) is 0 Å². The summed E-state index contributed by atoms with van der Waals surface area (Å²) in [5, 5.41) is 0. The number of nitrogen functional groups attached to an aromatic ring is 1. The molecule has 2 aromatic rings. The normalized spacial score (nSPS) is 11.3. The maximum Gasteiger partial charge on any atom is 0.264 e. The zero-order valence-electron chi connectivity index (χ0n) is 10.4. The molecule has 2 rings (SSSR count). The van der Waals surface area contributed by atoms with Crippen LogP contribution in [0.2, 0.25) is 0 Å². The van der Waals surface area contributed by atoms with Gasteiger partial charge in [-0.3, -0.25) is 4.72 Å². The van der Waals surface area contributed by atoms with Crippen LogP contribution in [0.4, 0.5) is 11.5 Å². The van der Waals surface area contributed by atoms with Gasteiger partial charge < -0.3 is 5.73 Å². The minimum Gasteiger partial charge on any atom is -0.396 e. The Hall–Kier alpha value is -1.12. The summed E-state index contributed by atoms with van der Waals surface area (Å²) in [6.07, 6.45) is 1.47. The Labute approximate surface area is 133 Å². The summed E-state index contributed by atoms with van der Waals surface area (Å²) in [6, 6.07) is 6.46. The second-order valence-electron chi connectivity index (χ2n) is 4.08. The van der Waals surface area contributed by atoms with Crippen LogP contribution in [-0.4, -0.2) is 13.4 Å². The fourth-order valence-corrected chi connectivity index (χ4v) is 4.23. The number of aromatic nitrogens is 1. The Morgan fingerprint density at radius 3 is 2.60 bits per heavy atom. The summed E-state index contributed by atoms with van der Waals surface area (Å²) < 4.78 is 28.3. The van der Waals surface area contributed by atoms with Crippen LogP contribution in [0.5, 0.6) is 0 Å². The number of benzene rings is 1. The molecule has 20 heavy (non-hydrogen) atoms. The molecule has 0 aliphatic rings. The number of hydrogen-bond acceptors (Lipinski definition) is 4. The topological polar surface area (TPSA) is 85.1 Å². The van der Waals surface area contributed by atoms with E-state index in [1.807, 2.05) is 6.92 Å². The van der Waals surface area contributed by atoms with Crippen molar-refractivity contribution in [3.8, 4) is 0 Å². The molecule has 0 amide bonds. The van der Waals surface area contributed by atoms with Crippen LogP contribution in [0.1, 0.15) is 5.56 Å². The lowest BCUT2D eigenvalue weighted by Crippen LogP contribution is -2.16. The first-order valence-electron chi connectivity index (χ1n) is 5.50. The summed E-state index contributed by atoms with van der Waals surface area (Å²) >= 11 is 6.58. The molecule has 0 fully saturated rings. The van der Waals surface area contributed by atoms with Crippen LogP contribution < -0.4 is 10.5 Å². The lowest BCUT2D eigenvalue weighted by atomic mass is 10.2. The highest BCUT2D eigenvalue weighted by molar-refractivity contribution is 9.11. The van der Waals surface area contributed by atoms with E-state index >= 15 is 0 Å². The molecule has 106 valence electrons. The lowest BCUT2D eigenvalue weighted by Gasteiger charge is -2.11. The SMILES string of the molecule is Cc1cc(Br)c(S(=O)(=O)Nc2ncccc2N)cc1Br. The van der Waals surface area contributed by atoms with Gasteiger partial charge in [-0.25, -0.2) is 13.4 Å². The molecule has 0 saturated heterocycles. The summed E-state index contributed by atoms with van der Waals surface area (Å²) in [4.78, 5) is 4.03. The van der Waals surface area contributed by atoms with E-state index in [2.05, 4.69) is 41.6 Å². The molecular formula is C12H11Br2N3O2S. The van der Waals surface area contributed by atoms with Gasteiger partial charge in [0.1, 0.15) is 4.90 Å². The maximum absolute atomic E-state index is 12.4. The summed E-state index contributed by atoms with van der Waals surface area (Å²) in [6.45, 7) is 1.87. The molecule has 0 aliphatic carbocycles. The first-order chi connectivity index (χ1) is 9.31. The second kappa shape index (κ2) is 5.71. The van der Waals surface area contributed by atoms with Crippen LogP contribution in [0, 0.1) is 6.92 Å². The van der Waals surface area contributed by atoms with Gasteiger partial charge in [0.15, 0.2) is 5.82 Å². The van der Waals surface area contributed by atoms with Crippen molar-refractivity contribution >= 4 is 53.4 Å². The van der Waals surface area contributed by atoms with E-state index in [-0.39, 0.29) is 16.4 Å². The molecule has 0 bridgehead atoms. The largest absolute Gasteiger partial charge is 0.396 e. The van der Waals surface area contributed by atoms with E-state index in [1.54, 1.807) is 18.2 Å².